The maximum Gasteiger partial charge on any atom is 0.307 e. The normalized spacial score (nSPS) is 16.7. The highest BCUT2D eigenvalue weighted by Crippen LogP contribution is 2.45. The number of methoxy groups -OCH3 is 2. The Hall–Kier alpha value is -4.12. The van der Waals surface area contributed by atoms with E-state index in [1.807, 2.05) is 13.8 Å². The van der Waals surface area contributed by atoms with E-state index in [9.17, 15) is 19.5 Å². The second-order valence-corrected chi connectivity index (χ2v) is 11.5. The molecule has 0 radical (unpaired) electrons. The summed E-state index contributed by atoms with van der Waals surface area (Å²) in [6.45, 7) is 3.63. The largest absolute Gasteiger partial charge is 0.493 e. The summed E-state index contributed by atoms with van der Waals surface area (Å²) in [4.78, 5) is 40.0. The van der Waals surface area contributed by atoms with Crippen molar-refractivity contribution in [2.24, 2.45) is 5.41 Å². The van der Waals surface area contributed by atoms with Crippen molar-refractivity contribution >= 4 is 40.8 Å². The van der Waals surface area contributed by atoms with E-state index in [1.54, 1.807) is 60.7 Å². The molecule has 0 aromatic heterocycles. The molecule has 1 aliphatic heterocycles. The molecule has 3 aromatic carbocycles. The summed E-state index contributed by atoms with van der Waals surface area (Å²) in [6.07, 6.45) is -2.57. The van der Waals surface area contributed by atoms with Crippen LogP contribution < -0.4 is 19.7 Å². The zero-order valence-corrected chi connectivity index (χ0v) is 25.2. The van der Waals surface area contributed by atoms with E-state index in [0.717, 1.165) is 0 Å². The molecule has 11 heteroatoms. The highest BCUT2D eigenvalue weighted by molar-refractivity contribution is 6.30. The van der Waals surface area contributed by atoms with Crippen LogP contribution in [0.25, 0.3) is 0 Å². The van der Waals surface area contributed by atoms with Crippen LogP contribution in [-0.2, 0) is 25.5 Å². The number of benzene rings is 3. The lowest BCUT2D eigenvalue weighted by molar-refractivity contribution is -0.136. The third-order valence-corrected chi connectivity index (χ3v) is 7.33. The lowest BCUT2D eigenvalue weighted by Crippen LogP contribution is -2.46. The number of aliphatic hydroxyl groups excluding tert-OH is 1. The predicted octanol–water partition coefficient (Wildman–Crippen LogP) is 4.85. The van der Waals surface area contributed by atoms with Crippen LogP contribution in [0.3, 0.4) is 0 Å². The molecule has 0 spiro atoms. The summed E-state index contributed by atoms with van der Waals surface area (Å²) in [7, 11) is 3.02. The van der Waals surface area contributed by atoms with Gasteiger partial charge in [0.2, 0.25) is 5.91 Å². The smallest absolute Gasteiger partial charge is 0.307 e. The van der Waals surface area contributed by atoms with Crippen molar-refractivity contribution in [1.82, 2.24) is 0 Å². The minimum atomic E-state index is -1.23. The van der Waals surface area contributed by atoms with E-state index >= 15 is 0 Å². The SMILES string of the molecule is COc1cccc([C@H]2O[C@H](CC(=O)Nc3ccc(CC(=O)O)cc3)C(=O)N(CC(C)(C)CO)c3ccc(Cl)cc32)c1OC. The molecule has 1 aliphatic rings. The van der Waals surface area contributed by atoms with Gasteiger partial charge in [0.1, 0.15) is 12.2 Å². The number of nitrogens with one attached hydrogen (secondary N) is 1. The Kier molecular flexibility index (Phi) is 9.95. The molecule has 0 unspecified atom stereocenters. The average Bonchev–Trinajstić information content (AvgIpc) is 3.07. The van der Waals surface area contributed by atoms with E-state index in [4.69, 9.17) is 30.9 Å². The molecule has 0 fully saturated rings. The molecule has 2 amide bonds. The molecule has 0 bridgehead atoms. The number of carboxylic acids is 1. The van der Waals surface area contributed by atoms with Crippen LogP contribution in [0.2, 0.25) is 5.02 Å². The number of aliphatic carboxylic acids is 1. The second-order valence-electron chi connectivity index (χ2n) is 11.1. The molecule has 43 heavy (non-hydrogen) atoms. The van der Waals surface area contributed by atoms with Crippen molar-refractivity contribution in [3.63, 3.8) is 0 Å². The van der Waals surface area contributed by atoms with Gasteiger partial charge in [-0.05, 0) is 42.0 Å². The molecule has 2 atom stereocenters. The number of fused-ring (bicyclic) bond motifs is 1. The first-order chi connectivity index (χ1) is 20.5. The fourth-order valence-corrected chi connectivity index (χ4v) is 5.15. The fraction of sp³-hybridized carbons (Fsp3) is 0.344. The lowest BCUT2D eigenvalue weighted by atomic mass is 9.92. The number of hydrogen-bond donors (Lipinski definition) is 3. The number of carbonyl (C=O) groups is 3. The van der Waals surface area contributed by atoms with E-state index < -0.39 is 35.4 Å². The van der Waals surface area contributed by atoms with Crippen molar-refractivity contribution < 1.29 is 38.8 Å². The Labute approximate surface area is 255 Å². The summed E-state index contributed by atoms with van der Waals surface area (Å²) in [5, 5.41) is 22.3. The van der Waals surface area contributed by atoms with Gasteiger partial charge in [-0.25, -0.2) is 0 Å². The molecule has 1 heterocycles. The lowest BCUT2D eigenvalue weighted by Gasteiger charge is -2.32. The predicted molar refractivity (Wildman–Crippen MR) is 162 cm³/mol. The zero-order valence-electron chi connectivity index (χ0n) is 24.4. The number of carbonyl (C=O) groups excluding carboxylic acids is 2. The first-order valence-electron chi connectivity index (χ1n) is 13.6. The maximum absolute atomic E-state index is 14.2. The third kappa shape index (κ3) is 7.45. The van der Waals surface area contributed by atoms with Gasteiger partial charge >= 0.3 is 5.97 Å². The van der Waals surface area contributed by atoms with Crippen LogP contribution in [0.4, 0.5) is 11.4 Å². The van der Waals surface area contributed by atoms with Gasteiger partial charge in [0.25, 0.3) is 5.91 Å². The molecule has 3 N–H and O–H groups in total. The van der Waals surface area contributed by atoms with Crippen LogP contribution in [-0.4, -0.2) is 61.5 Å². The Morgan fingerprint density at radius 2 is 1.77 bits per heavy atom. The van der Waals surface area contributed by atoms with Crippen LogP contribution in [0.1, 0.15) is 43.1 Å². The van der Waals surface area contributed by atoms with Gasteiger partial charge in [0.15, 0.2) is 11.5 Å². The van der Waals surface area contributed by atoms with Gasteiger partial charge in [-0.1, -0.05) is 49.7 Å². The first-order valence-corrected chi connectivity index (χ1v) is 14.0. The van der Waals surface area contributed by atoms with Crippen molar-refractivity contribution in [1.29, 1.82) is 0 Å². The Balaban J connectivity index is 1.75. The van der Waals surface area contributed by atoms with E-state index in [-0.39, 0.29) is 26.0 Å². The molecule has 3 aromatic rings. The van der Waals surface area contributed by atoms with Gasteiger partial charge in [-0.15, -0.1) is 0 Å². The van der Waals surface area contributed by atoms with Crippen molar-refractivity contribution in [2.75, 3.05) is 37.6 Å². The number of para-hydroxylation sites is 1. The average molecular weight is 611 g/mol. The summed E-state index contributed by atoms with van der Waals surface area (Å²) in [5.74, 6) is -1.03. The number of ether oxygens (including phenoxy) is 3. The minimum absolute atomic E-state index is 0.141. The van der Waals surface area contributed by atoms with Gasteiger partial charge in [0, 0.05) is 46.1 Å². The number of hydrogen-bond acceptors (Lipinski definition) is 7. The summed E-state index contributed by atoms with van der Waals surface area (Å²) < 4.78 is 17.7. The van der Waals surface area contributed by atoms with Crippen molar-refractivity contribution in [3.05, 3.63) is 82.4 Å². The number of carboxylic acid groups (broad SMARTS) is 1. The van der Waals surface area contributed by atoms with Gasteiger partial charge in [-0.3, -0.25) is 14.4 Å². The number of aliphatic hydroxyl groups is 1. The Bertz CT molecular complexity index is 1490. The molecule has 10 nitrogen and oxygen atoms in total. The fourth-order valence-electron chi connectivity index (χ4n) is 4.97. The highest BCUT2D eigenvalue weighted by atomic mass is 35.5. The zero-order chi connectivity index (χ0) is 31.3. The number of anilines is 2. The molecule has 0 saturated heterocycles. The number of nitrogens with zero attached hydrogens (tertiary/aromatic N) is 1. The number of halogens is 1. The molecule has 0 saturated carbocycles. The maximum atomic E-state index is 14.2. The van der Waals surface area contributed by atoms with Gasteiger partial charge in [-0.2, -0.15) is 0 Å². The molecule has 0 aliphatic carbocycles. The van der Waals surface area contributed by atoms with Crippen molar-refractivity contribution in [3.8, 4) is 11.5 Å². The Morgan fingerprint density at radius 3 is 2.40 bits per heavy atom. The monoisotopic (exact) mass is 610 g/mol. The van der Waals surface area contributed by atoms with E-state index in [1.165, 1.54) is 19.1 Å². The van der Waals surface area contributed by atoms with Crippen LogP contribution in [0, 0.1) is 5.41 Å². The van der Waals surface area contributed by atoms with Crippen LogP contribution in [0.15, 0.2) is 60.7 Å². The minimum Gasteiger partial charge on any atom is -0.493 e. The number of rotatable bonds is 11. The quantitative estimate of drug-likeness (QED) is 0.280. The topological polar surface area (TPSA) is 135 Å². The van der Waals surface area contributed by atoms with Crippen LogP contribution >= 0.6 is 11.6 Å². The standard InChI is InChI=1S/C32H35ClN2O8/c1-32(2,18-36)17-35-24-13-10-20(33)15-23(24)29(22-6-5-7-25(41-3)30(22)42-4)43-26(31(35)40)16-27(37)34-21-11-8-19(9-12-21)14-28(38)39/h5-13,15,26,29,36H,14,16-18H2,1-4H3,(H,34,37)(H,38,39)/t26-,29-/m1/s1. The highest BCUT2D eigenvalue weighted by Gasteiger charge is 2.40. The summed E-state index contributed by atoms with van der Waals surface area (Å²) >= 11 is 6.46. The van der Waals surface area contributed by atoms with Crippen molar-refractivity contribution in [2.45, 2.75) is 38.9 Å². The van der Waals surface area contributed by atoms with Gasteiger partial charge < -0.3 is 34.6 Å². The number of amides is 2. The van der Waals surface area contributed by atoms with Crippen LogP contribution in [0.5, 0.6) is 11.5 Å². The summed E-state index contributed by atoms with van der Waals surface area (Å²) in [5.41, 5.74) is 2.03. The molecule has 228 valence electrons. The third-order valence-electron chi connectivity index (χ3n) is 7.10. The van der Waals surface area contributed by atoms with E-state index in [2.05, 4.69) is 5.32 Å². The van der Waals surface area contributed by atoms with Gasteiger partial charge in [0.05, 0.1) is 27.1 Å². The molecule has 4 rings (SSSR count). The first kappa shape index (κ1) is 31.8. The second kappa shape index (κ2) is 13.5. The van der Waals surface area contributed by atoms with E-state index in [0.29, 0.717) is 44.6 Å². The molecular formula is C32H35ClN2O8. The summed E-state index contributed by atoms with van der Waals surface area (Å²) in [6, 6.07) is 16.9. The Morgan fingerprint density at radius 1 is 1.05 bits per heavy atom. The molecular weight excluding hydrogens is 576 g/mol.